The predicted molar refractivity (Wildman–Crippen MR) is 127 cm³/mol. The van der Waals surface area contributed by atoms with Gasteiger partial charge >= 0.3 is 12.1 Å². The third kappa shape index (κ3) is 6.59. The van der Waals surface area contributed by atoms with Gasteiger partial charge < -0.3 is 33.2 Å². The Bertz CT molecular complexity index is 1050. The highest BCUT2D eigenvalue weighted by atomic mass is 16.7. The molecule has 1 aliphatic rings. The quantitative estimate of drug-likeness (QED) is 0.172. The summed E-state index contributed by atoms with van der Waals surface area (Å²) in [6.45, 7) is 6.97. The van der Waals surface area contributed by atoms with Crippen LogP contribution in [0, 0.1) is 0 Å². The van der Waals surface area contributed by atoms with Gasteiger partial charge in [-0.3, -0.25) is 4.79 Å². The smallest absolute Gasteiger partial charge is 0.410 e. The van der Waals surface area contributed by atoms with Crippen molar-refractivity contribution < 1.29 is 38.1 Å². The molecule has 1 saturated heterocycles. The zero-order valence-electron chi connectivity index (χ0n) is 21.0. The van der Waals surface area contributed by atoms with Crippen LogP contribution in [0.3, 0.4) is 0 Å². The normalized spacial score (nSPS) is 14.8. The number of likely N-dealkylation sites (tertiary alicyclic amines) is 1. The van der Waals surface area contributed by atoms with Gasteiger partial charge in [0.05, 0.1) is 24.8 Å². The minimum Gasteiger partial charge on any atom is -0.463 e. The SMILES string of the molecule is COCOCOCc1cccc2c(C(=O)C(=O)OC)cn(C3CCN(C(=O)OC(C)(C)C)CC3)c12. The standard InChI is InChI=1S/C25H34N2O8/c1-25(2,3)35-24(30)26-11-9-18(10-12-26)27-13-20(22(28)23(29)32-5)19-8-6-7-17(21(19)27)14-33-16-34-15-31-4/h6-8,13,18H,9-12,14-16H2,1-5H3. The van der Waals surface area contributed by atoms with E-state index in [0.29, 0.717) is 31.3 Å². The number of hydrogen-bond acceptors (Lipinski definition) is 8. The fourth-order valence-electron chi connectivity index (χ4n) is 4.16. The zero-order chi connectivity index (χ0) is 25.6. The van der Waals surface area contributed by atoms with Crippen molar-refractivity contribution in [3.05, 3.63) is 35.5 Å². The molecule has 1 amide bonds. The summed E-state index contributed by atoms with van der Waals surface area (Å²) in [5, 5.41) is 0.647. The number of carbonyl (C=O) groups excluding carboxylic acids is 3. The van der Waals surface area contributed by atoms with Gasteiger partial charge in [-0.25, -0.2) is 9.59 Å². The number of rotatable bonds is 9. The molecule has 35 heavy (non-hydrogen) atoms. The Morgan fingerprint density at radius 1 is 1.03 bits per heavy atom. The number of fused-ring (bicyclic) bond motifs is 1. The molecule has 192 valence electrons. The molecule has 0 bridgehead atoms. The van der Waals surface area contributed by atoms with E-state index >= 15 is 0 Å². The molecule has 2 heterocycles. The van der Waals surface area contributed by atoms with Crippen LogP contribution in [0.4, 0.5) is 4.79 Å². The van der Waals surface area contributed by atoms with Crippen LogP contribution in [0.5, 0.6) is 0 Å². The number of nitrogens with zero attached hydrogens (tertiary/aromatic N) is 2. The van der Waals surface area contributed by atoms with E-state index in [-0.39, 0.29) is 37.9 Å². The van der Waals surface area contributed by atoms with Crippen LogP contribution in [-0.4, -0.2) is 73.8 Å². The number of methoxy groups -OCH3 is 2. The van der Waals surface area contributed by atoms with Gasteiger partial charge in [0.15, 0.2) is 0 Å². The summed E-state index contributed by atoms with van der Waals surface area (Å²) >= 11 is 0. The van der Waals surface area contributed by atoms with Gasteiger partial charge in [0.25, 0.3) is 5.78 Å². The van der Waals surface area contributed by atoms with Gasteiger partial charge in [0.1, 0.15) is 19.2 Å². The second kappa shape index (κ2) is 11.7. The highest BCUT2D eigenvalue weighted by molar-refractivity contribution is 6.43. The van der Waals surface area contributed by atoms with Crippen LogP contribution in [0.15, 0.2) is 24.4 Å². The first-order valence-electron chi connectivity index (χ1n) is 11.5. The van der Waals surface area contributed by atoms with Gasteiger partial charge in [-0.2, -0.15) is 0 Å². The molecule has 1 aromatic carbocycles. The van der Waals surface area contributed by atoms with E-state index in [9.17, 15) is 14.4 Å². The van der Waals surface area contributed by atoms with Crippen LogP contribution >= 0.6 is 0 Å². The van der Waals surface area contributed by atoms with E-state index in [1.165, 1.54) is 14.2 Å². The number of aromatic nitrogens is 1. The number of piperidine rings is 1. The zero-order valence-corrected chi connectivity index (χ0v) is 21.0. The minimum atomic E-state index is -0.918. The average molecular weight is 491 g/mol. The van der Waals surface area contributed by atoms with Crippen LogP contribution in [0.2, 0.25) is 0 Å². The number of Topliss-reactive ketones (excluding diaryl/α,β-unsaturated/α-hetero) is 1. The fourth-order valence-corrected chi connectivity index (χ4v) is 4.16. The number of carbonyl (C=O) groups is 3. The van der Waals surface area contributed by atoms with E-state index in [1.54, 1.807) is 11.1 Å². The number of ether oxygens (including phenoxy) is 5. The predicted octanol–water partition coefficient (Wildman–Crippen LogP) is 3.66. The van der Waals surface area contributed by atoms with Gasteiger partial charge in [0.2, 0.25) is 0 Å². The number of amides is 1. The molecule has 10 heteroatoms. The molecular formula is C25H34N2O8. The van der Waals surface area contributed by atoms with Crippen molar-refractivity contribution in [2.45, 2.75) is 51.9 Å². The summed E-state index contributed by atoms with van der Waals surface area (Å²) in [6.07, 6.45) is 2.71. The molecule has 3 rings (SSSR count). The van der Waals surface area contributed by atoms with Crippen LogP contribution in [-0.2, 0) is 35.1 Å². The number of para-hydroxylation sites is 1. The van der Waals surface area contributed by atoms with Gasteiger partial charge in [-0.15, -0.1) is 0 Å². The first kappa shape index (κ1) is 26.7. The van der Waals surface area contributed by atoms with Crippen molar-refractivity contribution in [3.63, 3.8) is 0 Å². The molecule has 10 nitrogen and oxygen atoms in total. The second-order valence-electron chi connectivity index (χ2n) is 9.36. The van der Waals surface area contributed by atoms with Crippen LogP contribution < -0.4 is 0 Å². The van der Waals surface area contributed by atoms with Crippen molar-refractivity contribution in [1.29, 1.82) is 0 Å². The maximum atomic E-state index is 12.8. The molecule has 0 saturated carbocycles. The molecule has 2 aromatic rings. The second-order valence-corrected chi connectivity index (χ2v) is 9.36. The lowest BCUT2D eigenvalue weighted by molar-refractivity contribution is -0.135. The minimum absolute atomic E-state index is 0.0151. The summed E-state index contributed by atoms with van der Waals surface area (Å²) < 4.78 is 27.9. The number of ketones is 1. The van der Waals surface area contributed by atoms with Gasteiger partial charge in [0, 0.05) is 43.4 Å². The summed E-state index contributed by atoms with van der Waals surface area (Å²) in [5.74, 6) is -1.62. The first-order chi connectivity index (χ1) is 16.7. The third-order valence-electron chi connectivity index (χ3n) is 5.69. The van der Waals surface area contributed by atoms with E-state index in [0.717, 1.165) is 11.1 Å². The van der Waals surface area contributed by atoms with E-state index in [4.69, 9.17) is 18.9 Å². The number of benzene rings is 1. The van der Waals surface area contributed by atoms with Crippen LogP contribution in [0.25, 0.3) is 10.9 Å². The highest BCUT2D eigenvalue weighted by Gasteiger charge is 2.30. The molecule has 0 radical (unpaired) electrons. The summed E-state index contributed by atoms with van der Waals surface area (Å²) in [6, 6.07) is 5.56. The van der Waals surface area contributed by atoms with Crippen molar-refractivity contribution >= 4 is 28.7 Å². The molecule has 0 atom stereocenters. The van der Waals surface area contributed by atoms with Crippen molar-refractivity contribution in [2.75, 3.05) is 40.9 Å². The van der Waals surface area contributed by atoms with Gasteiger partial charge in [-0.05, 0) is 33.6 Å². The van der Waals surface area contributed by atoms with Crippen molar-refractivity contribution in [3.8, 4) is 0 Å². The van der Waals surface area contributed by atoms with Crippen molar-refractivity contribution in [2.24, 2.45) is 0 Å². The Hall–Kier alpha value is -2.95. The van der Waals surface area contributed by atoms with Crippen molar-refractivity contribution in [1.82, 2.24) is 9.47 Å². The molecule has 0 spiro atoms. The maximum Gasteiger partial charge on any atom is 0.410 e. The first-order valence-corrected chi connectivity index (χ1v) is 11.5. The molecular weight excluding hydrogens is 456 g/mol. The van der Waals surface area contributed by atoms with E-state index in [1.807, 2.05) is 43.5 Å². The Kier molecular flexibility index (Phi) is 8.87. The van der Waals surface area contributed by atoms with E-state index in [2.05, 4.69) is 4.74 Å². The van der Waals surface area contributed by atoms with E-state index < -0.39 is 17.4 Å². The topological polar surface area (TPSA) is 106 Å². The molecule has 1 fully saturated rings. The lowest BCUT2D eigenvalue weighted by Crippen LogP contribution is -2.42. The summed E-state index contributed by atoms with van der Waals surface area (Å²) in [5.41, 5.74) is 1.37. The fraction of sp³-hybridized carbons (Fsp3) is 0.560. The Balaban J connectivity index is 1.88. The molecule has 1 aliphatic heterocycles. The lowest BCUT2D eigenvalue weighted by Gasteiger charge is -2.34. The third-order valence-corrected chi connectivity index (χ3v) is 5.69. The van der Waals surface area contributed by atoms with Crippen LogP contribution in [0.1, 0.15) is 55.6 Å². The molecule has 0 unspecified atom stereocenters. The molecule has 1 aromatic heterocycles. The number of esters is 1. The number of hydrogen-bond donors (Lipinski definition) is 0. The summed E-state index contributed by atoms with van der Waals surface area (Å²) in [4.78, 5) is 39.0. The molecule has 0 aliphatic carbocycles. The Morgan fingerprint density at radius 3 is 2.37 bits per heavy atom. The maximum absolute atomic E-state index is 12.8. The van der Waals surface area contributed by atoms with Gasteiger partial charge in [-0.1, -0.05) is 18.2 Å². The molecule has 0 N–H and O–H groups in total. The monoisotopic (exact) mass is 490 g/mol. The Morgan fingerprint density at radius 2 is 1.74 bits per heavy atom. The highest BCUT2D eigenvalue weighted by Crippen LogP contribution is 2.33. The Labute approximate surface area is 205 Å². The largest absolute Gasteiger partial charge is 0.463 e. The summed E-state index contributed by atoms with van der Waals surface area (Å²) in [7, 11) is 2.71. The average Bonchev–Trinajstić information content (AvgIpc) is 3.22. The lowest BCUT2D eigenvalue weighted by atomic mass is 10.0.